The standard InChI is InChI=1S/C15H18ClNO3.C2H6/c1-18-13-5-11(6-14(19-2)15(13)20-3)12-4-10(7-16)8-17-9-12;1-2/h4-6,9,17H,7-8H2,1-3H3;1-2H3. The first-order valence-corrected chi connectivity index (χ1v) is 7.76. The van der Waals surface area contributed by atoms with Gasteiger partial charge in [-0.2, -0.15) is 0 Å². The van der Waals surface area contributed by atoms with Crippen molar-refractivity contribution in [2.45, 2.75) is 13.8 Å². The Kier molecular flexibility index (Phi) is 7.67. The van der Waals surface area contributed by atoms with Crippen molar-refractivity contribution in [3.8, 4) is 17.2 Å². The third-order valence-electron chi connectivity index (χ3n) is 3.12. The molecule has 4 nitrogen and oxygen atoms in total. The zero-order valence-corrected chi connectivity index (χ0v) is 14.6. The summed E-state index contributed by atoms with van der Waals surface area (Å²) in [5.41, 5.74) is 3.15. The fourth-order valence-corrected chi connectivity index (χ4v) is 2.28. The van der Waals surface area contributed by atoms with Gasteiger partial charge in [-0.15, -0.1) is 11.6 Å². The Labute approximate surface area is 137 Å². The Morgan fingerprint density at radius 2 is 1.64 bits per heavy atom. The molecule has 0 aromatic heterocycles. The predicted octanol–water partition coefficient (Wildman–Crippen LogP) is 3.85. The van der Waals surface area contributed by atoms with Gasteiger partial charge in [-0.3, -0.25) is 0 Å². The van der Waals surface area contributed by atoms with E-state index >= 15 is 0 Å². The average Bonchev–Trinajstić information content (AvgIpc) is 2.62. The summed E-state index contributed by atoms with van der Waals surface area (Å²) in [6.07, 6.45) is 4.03. The molecule has 0 bridgehead atoms. The lowest BCUT2D eigenvalue weighted by Crippen LogP contribution is -2.15. The van der Waals surface area contributed by atoms with Gasteiger partial charge in [-0.05, 0) is 28.8 Å². The number of hydrogen-bond donors (Lipinski definition) is 1. The smallest absolute Gasteiger partial charge is 0.203 e. The molecule has 0 spiro atoms. The number of allylic oxidation sites excluding steroid dienone is 2. The van der Waals surface area contributed by atoms with E-state index in [4.69, 9.17) is 25.8 Å². The molecule has 5 heteroatoms. The second-order valence-electron chi connectivity index (χ2n) is 4.33. The fourth-order valence-electron chi connectivity index (χ4n) is 2.10. The molecule has 0 unspecified atom stereocenters. The van der Waals surface area contributed by atoms with Crippen molar-refractivity contribution < 1.29 is 14.2 Å². The summed E-state index contributed by atoms with van der Waals surface area (Å²) in [5.74, 6) is 2.36. The van der Waals surface area contributed by atoms with E-state index in [0.717, 1.165) is 23.3 Å². The summed E-state index contributed by atoms with van der Waals surface area (Å²) in [6, 6.07) is 3.84. The predicted molar refractivity (Wildman–Crippen MR) is 92.2 cm³/mol. The Morgan fingerprint density at radius 3 is 2.09 bits per heavy atom. The number of halogens is 1. The Balaban J connectivity index is 0.00000116. The normalized spacial score (nSPS) is 13.0. The van der Waals surface area contributed by atoms with Crippen LogP contribution in [0, 0.1) is 0 Å². The molecule has 1 aliphatic heterocycles. The molecule has 1 N–H and O–H groups in total. The van der Waals surface area contributed by atoms with Gasteiger partial charge in [0.1, 0.15) is 0 Å². The first kappa shape index (κ1) is 18.2. The summed E-state index contributed by atoms with van der Waals surface area (Å²) >= 11 is 5.89. The van der Waals surface area contributed by atoms with Crippen molar-refractivity contribution in [1.29, 1.82) is 0 Å². The number of rotatable bonds is 5. The third kappa shape index (κ3) is 4.10. The van der Waals surface area contributed by atoms with Gasteiger partial charge in [-0.25, -0.2) is 0 Å². The molecule has 0 saturated heterocycles. The second-order valence-corrected chi connectivity index (χ2v) is 4.60. The van der Waals surface area contributed by atoms with Gasteiger partial charge in [0, 0.05) is 18.6 Å². The molecule has 2 rings (SSSR count). The minimum absolute atomic E-state index is 0.509. The number of benzene rings is 1. The van der Waals surface area contributed by atoms with Gasteiger partial charge in [0.15, 0.2) is 11.5 Å². The van der Waals surface area contributed by atoms with Crippen molar-refractivity contribution in [3.05, 3.63) is 35.5 Å². The third-order valence-corrected chi connectivity index (χ3v) is 3.46. The van der Waals surface area contributed by atoms with Gasteiger partial charge in [0.25, 0.3) is 0 Å². The van der Waals surface area contributed by atoms with Crippen LogP contribution in [0.2, 0.25) is 0 Å². The molecule has 0 saturated carbocycles. The molecule has 0 amide bonds. The van der Waals surface area contributed by atoms with E-state index in [9.17, 15) is 0 Å². The monoisotopic (exact) mass is 325 g/mol. The van der Waals surface area contributed by atoms with E-state index in [2.05, 4.69) is 11.4 Å². The maximum atomic E-state index is 5.89. The summed E-state index contributed by atoms with van der Waals surface area (Å²) in [7, 11) is 4.80. The van der Waals surface area contributed by atoms with Crippen LogP contribution in [0.15, 0.2) is 30.0 Å². The van der Waals surface area contributed by atoms with Crippen LogP contribution >= 0.6 is 11.6 Å². The lowest BCUT2D eigenvalue weighted by atomic mass is 10.0. The van der Waals surface area contributed by atoms with Gasteiger partial charge in [0.05, 0.1) is 21.3 Å². The highest BCUT2D eigenvalue weighted by Crippen LogP contribution is 2.40. The first-order valence-electron chi connectivity index (χ1n) is 7.22. The van der Waals surface area contributed by atoms with Crippen LogP contribution in [0.5, 0.6) is 17.2 Å². The van der Waals surface area contributed by atoms with Gasteiger partial charge in [0.2, 0.25) is 5.75 Å². The van der Waals surface area contributed by atoms with Crippen LogP contribution in [0.1, 0.15) is 19.4 Å². The molecule has 122 valence electrons. The van der Waals surface area contributed by atoms with E-state index in [0.29, 0.717) is 23.1 Å². The lowest BCUT2D eigenvalue weighted by Gasteiger charge is -2.17. The zero-order valence-electron chi connectivity index (χ0n) is 13.8. The minimum atomic E-state index is 0.509. The minimum Gasteiger partial charge on any atom is -0.493 e. The molecule has 0 atom stereocenters. The van der Waals surface area contributed by atoms with Crippen LogP contribution in [0.3, 0.4) is 0 Å². The van der Waals surface area contributed by atoms with Crippen molar-refractivity contribution in [1.82, 2.24) is 5.32 Å². The number of dihydropyridines is 1. The summed E-state index contributed by atoms with van der Waals surface area (Å²) in [6.45, 7) is 4.78. The van der Waals surface area contributed by atoms with Crippen molar-refractivity contribution in [2.75, 3.05) is 33.8 Å². The van der Waals surface area contributed by atoms with Crippen LogP contribution in [0.25, 0.3) is 5.57 Å². The maximum absolute atomic E-state index is 5.89. The van der Waals surface area contributed by atoms with Crippen LogP contribution < -0.4 is 19.5 Å². The quantitative estimate of drug-likeness (QED) is 0.835. The molecule has 1 aromatic rings. The van der Waals surface area contributed by atoms with Crippen molar-refractivity contribution in [2.24, 2.45) is 0 Å². The van der Waals surface area contributed by atoms with Crippen molar-refractivity contribution in [3.63, 3.8) is 0 Å². The molecular weight excluding hydrogens is 302 g/mol. The highest BCUT2D eigenvalue weighted by Gasteiger charge is 2.15. The van der Waals surface area contributed by atoms with Crippen LogP contribution in [-0.4, -0.2) is 33.8 Å². The van der Waals surface area contributed by atoms with Gasteiger partial charge < -0.3 is 19.5 Å². The second kappa shape index (κ2) is 9.26. The zero-order chi connectivity index (χ0) is 16.5. The highest BCUT2D eigenvalue weighted by atomic mass is 35.5. The Hall–Kier alpha value is -1.81. The molecule has 1 heterocycles. The summed E-state index contributed by atoms with van der Waals surface area (Å²) in [4.78, 5) is 0. The summed E-state index contributed by atoms with van der Waals surface area (Å²) in [5, 5.41) is 3.21. The topological polar surface area (TPSA) is 39.7 Å². The van der Waals surface area contributed by atoms with E-state index in [1.54, 1.807) is 21.3 Å². The molecule has 1 aromatic carbocycles. The molecular formula is C17H24ClNO3. The molecule has 0 radical (unpaired) electrons. The van der Waals surface area contributed by atoms with E-state index in [-0.39, 0.29) is 0 Å². The largest absolute Gasteiger partial charge is 0.493 e. The van der Waals surface area contributed by atoms with E-state index < -0.39 is 0 Å². The molecule has 22 heavy (non-hydrogen) atoms. The van der Waals surface area contributed by atoms with Gasteiger partial charge >= 0.3 is 0 Å². The Bertz CT molecular complexity index is 528. The molecule has 0 fully saturated rings. The lowest BCUT2D eigenvalue weighted by molar-refractivity contribution is 0.324. The number of methoxy groups -OCH3 is 3. The number of alkyl halides is 1. The van der Waals surface area contributed by atoms with Crippen molar-refractivity contribution >= 4 is 17.2 Å². The highest BCUT2D eigenvalue weighted by molar-refractivity contribution is 6.19. The summed E-state index contributed by atoms with van der Waals surface area (Å²) < 4.78 is 16.0. The van der Waals surface area contributed by atoms with Gasteiger partial charge in [-0.1, -0.05) is 19.9 Å². The fraction of sp³-hybridized carbons (Fsp3) is 0.412. The molecule has 1 aliphatic rings. The molecule has 0 aliphatic carbocycles. The average molecular weight is 326 g/mol. The first-order chi connectivity index (χ1) is 10.7. The number of ether oxygens (including phenoxy) is 3. The van der Waals surface area contributed by atoms with E-state index in [1.807, 2.05) is 32.2 Å². The number of nitrogens with one attached hydrogen (secondary N) is 1. The van der Waals surface area contributed by atoms with Crippen LogP contribution in [0.4, 0.5) is 0 Å². The Morgan fingerprint density at radius 1 is 1.05 bits per heavy atom. The SMILES string of the molecule is CC.COc1cc(C2=CNCC(CCl)=C2)cc(OC)c1OC. The van der Waals surface area contributed by atoms with E-state index in [1.165, 1.54) is 0 Å². The maximum Gasteiger partial charge on any atom is 0.203 e. The number of hydrogen-bond acceptors (Lipinski definition) is 4. The van der Waals surface area contributed by atoms with Crippen LogP contribution in [-0.2, 0) is 0 Å².